The number of hydrogen-bond donors (Lipinski definition) is 2. The molecule has 0 radical (unpaired) electrons. The van der Waals surface area contributed by atoms with Crippen LogP contribution in [0.15, 0.2) is 53.7 Å². The van der Waals surface area contributed by atoms with Crippen molar-refractivity contribution in [1.29, 1.82) is 0 Å². The van der Waals surface area contributed by atoms with Gasteiger partial charge in [0.2, 0.25) is 11.8 Å². The van der Waals surface area contributed by atoms with E-state index in [0.717, 1.165) is 16.8 Å². The van der Waals surface area contributed by atoms with Crippen LogP contribution in [0.3, 0.4) is 0 Å². The Morgan fingerprint density at radius 3 is 2.47 bits per heavy atom. The number of carbonyl (C=O) groups excluding carboxylic acids is 2. The number of amides is 2. The molecule has 1 heterocycles. The topological polar surface area (TPSA) is 88.9 Å². The van der Waals surface area contributed by atoms with Crippen molar-refractivity contribution in [2.45, 2.75) is 51.9 Å². The number of aromatic nitrogens is 3. The van der Waals surface area contributed by atoms with Gasteiger partial charge in [-0.2, -0.15) is 0 Å². The molecule has 1 atom stereocenters. The summed E-state index contributed by atoms with van der Waals surface area (Å²) < 4.78 is 1.87. The molecule has 0 bridgehead atoms. The second kappa shape index (κ2) is 10.9. The third-order valence-electron chi connectivity index (χ3n) is 5.23. The number of carbonyl (C=O) groups is 2. The minimum atomic E-state index is -0.152. The number of hydrogen-bond acceptors (Lipinski definition) is 5. The molecule has 3 aromatic rings. The maximum atomic E-state index is 12.5. The summed E-state index contributed by atoms with van der Waals surface area (Å²) in [5.41, 5.74) is 4.12. The van der Waals surface area contributed by atoms with Crippen LogP contribution in [0.4, 0.5) is 5.69 Å². The fourth-order valence-electron chi connectivity index (χ4n) is 3.28. The largest absolute Gasteiger partial charge is 0.349 e. The molecule has 2 N–H and O–H groups in total. The number of anilines is 1. The van der Waals surface area contributed by atoms with Gasteiger partial charge in [0.05, 0.1) is 18.2 Å². The molecular weight excluding hydrogens is 422 g/mol. The molecule has 0 aliphatic heterocycles. The van der Waals surface area contributed by atoms with E-state index in [1.54, 1.807) is 0 Å². The Morgan fingerprint density at radius 2 is 1.78 bits per heavy atom. The molecule has 0 fully saturated rings. The highest BCUT2D eigenvalue weighted by atomic mass is 32.2. The lowest BCUT2D eigenvalue weighted by Gasteiger charge is -2.14. The predicted molar refractivity (Wildman–Crippen MR) is 128 cm³/mol. The molecule has 3 rings (SSSR count). The summed E-state index contributed by atoms with van der Waals surface area (Å²) in [4.78, 5) is 24.9. The molecule has 2 aromatic carbocycles. The van der Waals surface area contributed by atoms with E-state index in [4.69, 9.17) is 0 Å². The van der Waals surface area contributed by atoms with Gasteiger partial charge in [-0.15, -0.1) is 10.2 Å². The van der Waals surface area contributed by atoms with E-state index in [-0.39, 0.29) is 30.0 Å². The molecule has 1 aromatic heterocycles. The Bertz CT molecular complexity index is 1080. The van der Waals surface area contributed by atoms with Crippen LogP contribution in [0, 0.1) is 13.8 Å². The number of thioether (sulfide) groups is 1. The molecule has 0 saturated carbocycles. The molecule has 168 valence electrons. The maximum Gasteiger partial charge on any atom is 0.232 e. The Labute approximate surface area is 193 Å². The first kappa shape index (κ1) is 23.5. The van der Waals surface area contributed by atoms with Gasteiger partial charge in [0.1, 0.15) is 5.82 Å². The van der Waals surface area contributed by atoms with Gasteiger partial charge in [-0.25, -0.2) is 0 Å². The highest BCUT2D eigenvalue weighted by molar-refractivity contribution is 7.99. The Kier molecular flexibility index (Phi) is 8.05. The van der Waals surface area contributed by atoms with Crippen molar-refractivity contribution in [3.8, 4) is 0 Å². The molecule has 8 heteroatoms. The molecule has 0 aliphatic carbocycles. The van der Waals surface area contributed by atoms with Crippen molar-refractivity contribution in [2.75, 3.05) is 11.1 Å². The SMILES string of the molecule is CCn1c(CC(=O)Nc2ccc(C)c(C)c2)nnc1SCC(=O)NC(C)c1ccccc1. The van der Waals surface area contributed by atoms with Crippen LogP contribution in [0.1, 0.15) is 42.4 Å². The first-order valence-electron chi connectivity index (χ1n) is 10.6. The van der Waals surface area contributed by atoms with Crippen LogP contribution in [-0.2, 0) is 22.6 Å². The van der Waals surface area contributed by atoms with E-state index < -0.39 is 0 Å². The Balaban J connectivity index is 1.56. The molecule has 2 amide bonds. The van der Waals surface area contributed by atoms with Gasteiger partial charge < -0.3 is 15.2 Å². The van der Waals surface area contributed by atoms with Crippen molar-refractivity contribution in [2.24, 2.45) is 0 Å². The van der Waals surface area contributed by atoms with Crippen LogP contribution >= 0.6 is 11.8 Å². The third kappa shape index (κ3) is 6.20. The van der Waals surface area contributed by atoms with Gasteiger partial charge in [-0.3, -0.25) is 9.59 Å². The second-order valence-electron chi connectivity index (χ2n) is 7.66. The molecule has 32 heavy (non-hydrogen) atoms. The van der Waals surface area contributed by atoms with Gasteiger partial charge in [0.15, 0.2) is 5.16 Å². The smallest absolute Gasteiger partial charge is 0.232 e. The quantitative estimate of drug-likeness (QED) is 0.479. The zero-order valence-electron chi connectivity index (χ0n) is 18.9. The van der Waals surface area contributed by atoms with Gasteiger partial charge in [-0.1, -0.05) is 48.2 Å². The summed E-state index contributed by atoms with van der Waals surface area (Å²) >= 11 is 1.32. The highest BCUT2D eigenvalue weighted by Crippen LogP contribution is 2.19. The number of nitrogens with one attached hydrogen (secondary N) is 2. The highest BCUT2D eigenvalue weighted by Gasteiger charge is 2.17. The van der Waals surface area contributed by atoms with Crippen LogP contribution in [0.25, 0.3) is 0 Å². The van der Waals surface area contributed by atoms with Crippen molar-refractivity contribution >= 4 is 29.3 Å². The van der Waals surface area contributed by atoms with Crippen molar-refractivity contribution < 1.29 is 9.59 Å². The van der Waals surface area contributed by atoms with Crippen LogP contribution in [-0.4, -0.2) is 32.3 Å². The molecular formula is C24H29N5O2S. The summed E-state index contributed by atoms with van der Waals surface area (Å²) in [6.07, 6.45) is 0.117. The lowest BCUT2D eigenvalue weighted by molar-refractivity contribution is -0.119. The Hall–Kier alpha value is -3.13. The van der Waals surface area contributed by atoms with Crippen molar-refractivity contribution in [1.82, 2.24) is 20.1 Å². The average Bonchev–Trinajstić information content (AvgIpc) is 3.16. The first-order chi connectivity index (χ1) is 15.4. The van der Waals surface area contributed by atoms with E-state index in [0.29, 0.717) is 17.5 Å². The van der Waals surface area contributed by atoms with Crippen molar-refractivity contribution in [3.63, 3.8) is 0 Å². The molecule has 0 aliphatic rings. The lowest BCUT2D eigenvalue weighted by Crippen LogP contribution is -2.28. The van der Waals surface area contributed by atoms with Crippen LogP contribution < -0.4 is 10.6 Å². The predicted octanol–water partition coefficient (Wildman–Crippen LogP) is 4.07. The zero-order valence-corrected chi connectivity index (χ0v) is 19.7. The molecule has 7 nitrogen and oxygen atoms in total. The summed E-state index contributed by atoms with van der Waals surface area (Å²) in [5, 5.41) is 14.9. The molecule has 0 spiro atoms. The minimum absolute atomic E-state index is 0.0713. The fraction of sp³-hybridized carbons (Fsp3) is 0.333. The van der Waals surface area contributed by atoms with Gasteiger partial charge in [-0.05, 0) is 56.5 Å². The number of rotatable bonds is 9. The van der Waals surface area contributed by atoms with Crippen LogP contribution in [0.5, 0.6) is 0 Å². The summed E-state index contributed by atoms with van der Waals surface area (Å²) in [6.45, 7) is 8.59. The van der Waals surface area contributed by atoms with Gasteiger partial charge >= 0.3 is 0 Å². The van der Waals surface area contributed by atoms with E-state index in [2.05, 4.69) is 20.8 Å². The first-order valence-corrected chi connectivity index (χ1v) is 11.6. The van der Waals surface area contributed by atoms with E-state index in [1.165, 1.54) is 17.3 Å². The Morgan fingerprint density at radius 1 is 1.03 bits per heavy atom. The molecule has 0 saturated heterocycles. The lowest BCUT2D eigenvalue weighted by atomic mass is 10.1. The van der Waals surface area contributed by atoms with E-state index >= 15 is 0 Å². The zero-order chi connectivity index (χ0) is 23.1. The number of nitrogens with zero attached hydrogens (tertiary/aromatic N) is 3. The number of benzene rings is 2. The second-order valence-corrected chi connectivity index (χ2v) is 8.60. The summed E-state index contributed by atoms with van der Waals surface area (Å²) in [7, 11) is 0. The minimum Gasteiger partial charge on any atom is -0.349 e. The van der Waals surface area contributed by atoms with Crippen LogP contribution in [0.2, 0.25) is 0 Å². The van der Waals surface area contributed by atoms with E-state index in [1.807, 2.05) is 80.8 Å². The standard InChI is InChI=1S/C24H29N5O2S/c1-5-29-21(14-22(30)26-20-12-11-16(2)17(3)13-20)27-28-24(29)32-15-23(31)25-18(4)19-9-7-6-8-10-19/h6-13,18H,5,14-15H2,1-4H3,(H,25,31)(H,26,30). The van der Waals surface area contributed by atoms with Crippen molar-refractivity contribution in [3.05, 3.63) is 71.0 Å². The van der Waals surface area contributed by atoms with Gasteiger partial charge in [0, 0.05) is 12.2 Å². The molecule has 1 unspecified atom stereocenters. The maximum absolute atomic E-state index is 12.5. The number of aryl methyl sites for hydroxylation is 2. The summed E-state index contributed by atoms with van der Waals surface area (Å²) in [5.74, 6) is 0.575. The normalized spacial score (nSPS) is 11.8. The van der Waals surface area contributed by atoms with Gasteiger partial charge in [0.25, 0.3) is 0 Å². The third-order valence-corrected chi connectivity index (χ3v) is 6.20. The monoisotopic (exact) mass is 451 g/mol. The average molecular weight is 452 g/mol. The van der Waals surface area contributed by atoms with E-state index in [9.17, 15) is 9.59 Å². The fourth-order valence-corrected chi connectivity index (χ4v) is 4.11. The summed E-state index contributed by atoms with van der Waals surface area (Å²) in [6, 6.07) is 15.6.